The topological polar surface area (TPSA) is 80.7 Å². The Labute approximate surface area is 228 Å². The number of benzene rings is 2. The molecule has 2 aromatic rings. The Morgan fingerprint density at radius 1 is 1.17 bits per heavy atom. The Kier molecular flexibility index (Phi) is 8.91. The molecule has 8 nitrogen and oxygen atoms in total. The van der Waals surface area contributed by atoms with E-state index in [1.165, 1.54) is 16.7 Å². The first-order valence-corrected chi connectivity index (χ1v) is 13.6. The second-order valence-corrected chi connectivity index (χ2v) is 10.2. The molecule has 2 aliphatic heterocycles. The van der Waals surface area contributed by atoms with Gasteiger partial charge in [-0.05, 0) is 90.2 Å². The van der Waals surface area contributed by atoms with Crippen LogP contribution in [0.2, 0.25) is 0 Å². The van der Waals surface area contributed by atoms with Crippen molar-refractivity contribution in [2.24, 2.45) is 4.99 Å². The van der Waals surface area contributed by atoms with Crippen molar-refractivity contribution < 1.29 is 23.8 Å². The second kappa shape index (κ2) is 12.1. The summed E-state index contributed by atoms with van der Waals surface area (Å²) in [7, 11) is 1.70. The lowest BCUT2D eigenvalue weighted by atomic mass is 10.1. The predicted octanol–water partition coefficient (Wildman–Crippen LogP) is 4.79. The molecule has 0 aliphatic carbocycles. The number of hydrogen-bond acceptors (Lipinski definition) is 7. The van der Waals surface area contributed by atoms with Gasteiger partial charge in [0.05, 0.1) is 40.6 Å². The van der Waals surface area contributed by atoms with E-state index in [0.717, 1.165) is 9.13 Å². The summed E-state index contributed by atoms with van der Waals surface area (Å²) in [5.74, 6) is 1.18. The Morgan fingerprint density at radius 2 is 1.92 bits per heavy atom. The summed E-state index contributed by atoms with van der Waals surface area (Å²) >= 11 is 3.52. The van der Waals surface area contributed by atoms with E-state index in [4.69, 9.17) is 14.2 Å². The van der Waals surface area contributed by atoms with Crippen LogP contribution in [0.15, 0.2) is 46.3 Å². The molecule has 2 aromatic carbocycles. The SMILES string of the molecule is CCOc1cc(/C=C2/SC(=Nc3cccc(C(=O)N4CCOCC4)c3)N(C)C2=O)cc(I)c1OCC. The zero-order valence-electron chi connectivity index (χ0n) is 20.5. The molecule has 2 heterocycles. The number of nitrogens with zero attached hydrogens (tertiary/aromatic N) is 3. The van der Waals surface area contributed by atoms with Crippen LogP contribution >= 0.6 is 34.4 Å². The Balaban J connectivity index is 1.57. The third-order valence-electron chi connectivity index (χ3n) is 5.54. The van der Waals surface area contributed by atoms with Crippen molar-refractivity contribution in [3.05, 3.63) is 56.0 Å². The van der Waals surface area contributed by atoms with Crippen LogP contribution < -0.4 is 9.47 Å². The van der Waals surface area contributed by atoms with Gasteiger partial charge in [-0.3, -0.25) is 14.5 Å². The van der Waals surface area contributed by atoms with Gasteiger partial charge < -0.3 is 19.1 Å². The fourth-order valence-corrected chi connectivity index (χ4v) is 5.56. The van der Waals surface area contributed by atoms with Crippen LogP contribution in [0.4, 0.5) is 5.69 Å². The zero-order chi connectivity index (χ0) is 25.7. The first kappa shape index (κ1) is 26.5. The van der Waals surface area contributed by atoms with Gasteiger partial charge in [0.15, 0.2) is 16.7 Å². The van der Waals surface area contributed by atoms with Crippen molar-refractivity contribution in [2.45, 2.75) is 13.8 Å². The highest BCUT2D eigenvalue weighted by molar-refractivity contribution is 14.1. The van der Waals surface area contributed by atoms with Gasteiger partial charge in [0, 0.05) is 25.7 Å². The van der Waals surface area contributed by atoms with Crippen molar-refractivity contribution in [1.82, 2.24) is 9.80 Å². The quantitative estimate of drug-likeness (QED) is 0.327. The Bertz CT molecular complexity index is 1210. The van der Waals surface area contributed by atoms with Crippen LogP contribution in [0.1, 0.15) is 29.8 Å². The molecule has 2 fully saturated rings. The number of aliphatic imine (C=N–C) groups is 1. The van der Waals surface area contributed by atoms with Gasteiger partial charge in [-0.15, -0.1) is 0 Å². The van der Waals surface area contributed by atoms with Crippen LogP contribution in [0.5, 0.6) is 11.5 Å². The molecule has 0 radical (unpaired) electrons. The average Bonchev–Trinajstić information content (AvgIpc) is 3.14. The minimum atomic E-state index is -0.138. The summed E-state index contributed by atoms with van der Waals surface area (Å²) in [4.78, 5) is 34.4. The van der Waals surface area contributed by atoms with Crippen molar-refractivity contribution in [2.75, 3.05) is 46.6 Å². The molecule has 190 valence electrons. The number of rotatable bonds is 7. The van der Waals surface area contributed by atoms with Gasteiger partial charge in [0.25, 0.3) is 11.8 Å². The fraction of sp³-hybridized carbons (Fsp3) is 0.346. The zero-order valence-corrected chi connectivity index (χ0v) is 23.4. The molecule has 0 spiro atoms. The first-order valence-electron chi connectivity index (χ1n) is 11.7. The van der Waals surface area contributed by atoms with E-state index >= 15 is 0 Å². The summed E-state index contributed by atoms with van der Waals surface area (Å²) in [6.07, 6.45) is 1.84. The standard InChI is InChI=1S/C26H28IN3O5S/c1-4-34-21-14-17(13-20(27)23(21)35-5-2)15-22-25(32)29(3)26(36-22)28-19-8-6-7-18(16-19)24(31)30-9-11-33-12-10-30/h6-8,13-16H,4-5,9-12H2,1-3H3/b22-15+,28-26?. The fourth-order valence-electron chi connectivity index (χ4n) is 3.79. The van der Waals surface area contributed by atoms with Gasteiger partial charge in [0.1, 0.15) is 0 Å². The van der Waals surface area contributed by atoms with Crippen LogP contribution in [0.3, 0.4) is 0 Å². The number of carbonyl (C=O) groups excluding carboxylic acids is 2. The summed E-state index contributed by atoms with van der Waals surface area (Å²) in [5, 5.41) is 0.549. The monoisotopic (exact) mass is 621 g/mol. The maximum absolute atomic E-state index is 13.0. The molecular weight excluding hydrogens is 593 g/mol. The molecule has 0 atom stereocenters. The van der Waals surface area contributed by atoms with E-state index in [1.807, 2.05) is 44.2 Å². The summed E-state index contributed by atoms with van der Waals surface area (Å²) < 4.78 is 17.8. The molecule has 0 unspecified atom stereocenters. The predicted molar refractivity (Wildman–Crippen MR) is 150 cm³/mol. The highest BCUT2D eigenvalue weighted by Gasteiger charge is 2.30. The molecule has 0 N–H and O–H groups in total. The summed E-state index contributed by atoms with van der Waals surface area (Å²) in [6, 6.07) is 11.0. The van der Waals surface area contributed by atoms with Crippen molar-refractivity contribution >= 4 is 63.1 Å². The molecule has 2 saturated heterocycles. The Hall–Kier alpha value is -2.57. The number of carbonyl (C=O) groups is 2. The van der Waals surface area contributed by atoms with Crippen LogP contribution in [0, 0.1) is 3.57 Å². The van der Waals surface area contributed by atoms with Gasteiger partial charge in [-0.1, -0.05) is 6.07 Å². The molecule has 2 amide bonds. The lowest BCUT2D eigenvalue weighted by molar-refractivity contribution is -0.121. The van der Waals surface area contributed by atoms with E-state index in [9.17, 15) is 9.59 Å². The first-order chi connectivity index (χ1) is 17.4. The number of amides is 2. The van der Waals surface area contributed by atoms with E-state index < -0.39 is 0 Å². The molecule has 10 heteroatoms. The molecule has 0 saturated carbocycles. The van der Waals surface area contributed by atoms with E-state index in [1.54, 1.807) is 24.1 Å². The van der Waals surface area contributed by atoms with Gasteiger partial charge in [0.2, 0.25) is 0 Å². The van der Waals surface area contributed by atoms with Gasteiger partial charge in [-0.2, -0.15) is 0 Å². The normalized spacial score (nSPS) is 18.3. The lowest BCUT2D eigenvalue weighted by Crippen LogP contribution is -2.40. The highest BCUT2D eigenvalue weighted by atomic mass is 127. The van der Waals surface area contributed by atoms with Gasteiger partial charge >= 0.3 is 0 Å². The maximum atomic E-state index is 13.0. The summed E-state index contributed by atoms with van der Waals surface area (Å²) in [6.45, 7) is 7.15. The average molecular weight is 621 g/mol. The number of likely N-dealkylation sites (N-methyl/N-ethyl adjacent to an activating group) is 1. The third kappa shape index (κ3) is 6.04. The largest absolute Gasteiger partial charge is 0.490 e. The minimum Gasteiger partial charge on any atom is -0.490 e. The third-order valence-corrected chi connectivity index (χ3v) is 7.40. The number of thioether (sulfide) groups is 1. The second-order valence-electron chi connectivity index (χ2n) is 8.02. The van der Waals surface area contributed by atoms with Crippen molar-refractivity contribution in [3.63, 3.8) is 0 Å². The molecular formula is C26H28IN3O5S. The van der Waals surface area contributed by atoms with Gasteiger partial charge in [-0.25, -0.2) is 4.99 Å². The van der Waals surface area contributed by atoms with Crippen molar-refractivity contribution in [1.29, 1.82) is 0 Å². The van der Waals surface area contributed by atoms with Crippen molar-refractivity contribution in [3.8, 4) is 11.5 Å². The highest BCUT2D eigenvalue weighted by Crippen LogP contribution is 2.37. The molecule has 36 heavy (non-hydrogen) atoms. The van der Waals surface area contributed by atoms with Crippen LogP contribution in [-0.4, -0.2) is 73.3 Å². The smallest absolute Gasteiger partial charge is 0.266 e. The van der Waals surface area contributed by atoms with E-state index in [2.05, 4.69) is 27.6 Å². The minimum absolute atomic E-state index is 0.0420. The van der Waals surface area contributed by atoms with Crippen LogP contribution in [0.25, 0.3) is 6.08 Å². The molecule has 0 aromatic heterocycles. The number of amidine groups is 1. The number of halogens is 1. The maximum Gasteiger partial charge on any atom is 0.266 e. The van der Waals surface area contributed by atoms with E-state index in [0.29, 0.717) is 72.3 Å². The van der Waals surface area contributed by atoms with Crippen LogP contribution in [-0.2, 0) is 9.53 Å². The number of morpholine rings is 1. The van der Waals surface area contributed by atoms with E-state index in [-0.39, 0.29) is 11.8 Å². The number of ether oxygens (including phenoxy) is 3. The molecule has 4 rings (SSSR count). The molecule has 0 bridgehead atoms. The Morgan fingerprint density at radius 3 is 2.64 bits per heavy atom. The molecule has 2 aliphatic rings. The summed E-state index contributed by atoms with van der Waals surface area (Å²) in [5.41, 5.74) is 2.03. The number of hydrogen-bond donors (Lipinski definition) is 0. The lowest BCUT2D eigenvalue weighted by Gasteiger charge is -2.26.